The fourth-order valence-electron chi connectivity index (χ4n) is 3.05. The largest absolute Gasteiger partial charge is 0.503 e. The summed E-state index contributed by atoms with van der Waals surface area (Å²) in [6.07, 6.45) is 3.94. The highest BCUT2D eigenvalue weighted by Crippen LogP contribution is 2.27. The zero-order valence-corrected chi connectivity index (χ0v) is 16.5. The van der Waals surface area contributed by atoms with Crippen LogP contribution in [0.4, 0.5) is 0 Å². The van der Waals surface area contributed by atoms with Gasteiger partial charge in [0.15, 0.2) is 5.76 Å². The van der Waals surface area contributed by atoms with Gasteiger partial charge in [-0.2, -0.15) is 0 Å². The minimum Gasteiger partial charge on any atom is -0.503 e. The van der Waals surface area contributed by atoms with E-state index in [1.807, 2.05) is 19.1 Å². The Kier molecular flexibility index (Phi) is 7.35. The van der Waals surface area contributed by atoms with E-state index in [1.54, 1.807) is 13.1 Å². The third kappa shape index (κ3) is 4.71. The lowest BCUT2D eigenvalue weighted by Gasteiger charge is -2.22. The number of aliphatic hydroxyl groups excluding tert-OH is 1. The molecule has 5 nitrogen and oxygen atoms in total. The van der Waals surface area contributed by atoms with E-state index in [-0.39, 0.29) is 17.5 Å². The number of halogens is 2. The van der Waals surface area contributed by atoms with Gasteiger partial charge >= 0.3 is 0 Å². The molecule has 0 saturated carbocycles. The van der Waals surface area contributed by atoms with Crippen molar-refractivity contribution in [2.45, 2.75) is 45.1 Å². The topological polar surface area (TPSA) is 69.6 Å². The van der Waals surface area contributed by atoms with E-state index in [2.05, 4.69) is 5.32 Å². The third-order valence-corrected chi connectivity index (χ3v) is 5.31. The van der Waals surface area contributed by atoms with Gasteiger partial charge < -0.3 is 15.3 Å². The van der Waals surface area contributed by atoms with Crippen molar-refractivity contribution in [1.82, 2.24) is 10.2 Å². The Morgan fingerprint density at radius 1 is 1.27 bits per heavy atom. The second-order valence-electron chi connectivity index (χ2n) is 6.44. The minimum atomic E-state index is -0.493. The van der Waals surface area contributed by atoms with E-state index in [1.165, 1.54) is 4.90 Å². The maximum absolute atomic E-state index is 12.5. The average Bonchev–Trinajstić information content (AvgIpc) is 2.83. The van der Waals surface area contributed by atoms with Crippen LogP contribution in [0.2, 0.25) is 10.0 Å². The zero-order valence-electron chi connectivity index (χ0n) is 15.0. The molecule has 0 fully saturated rings. The number of hydrogen-bond donors (Lipinski definition) is 2. The molecule has 0 saturated heterocycles. The average molecular weight is 399 g/mol. The summed E-state index contributed by atoms with van der Waals surface area (Å²) in [7, 11) is 1.61. The molecule has 1 unspecified atom stereocenters. The first kappa shape index (κ1) is 20.6. The molecule has 0 radical (unpaired) electrons. The molecule has 0 aromatic heterocycles. The van der Waals surface area contributed by atoms with Crippen LogP contribution in [0.1, 0.15) is 38.2 Å². The summed E-state index contributed by atoms with van der Waals surface area (Å²) < 4.78 is 0. The lowest BCUT2D eigenvalue weighted by molar-refractivity contribution is -0.128. The highest BCUT2D eigenvalue weighted by molar-refractivity contribution is 6.42. The van der Waals surface area contributed by atoms with Crippen molar-refractivity contribution in [2.75, 3.05) is 13.6 Å². The van der Waals surface area contributed by atoms with Crippen LogP contribution in [0.25, 0.3) is 0 Å². The number of nitrogens with one attached hydrogen (secondary N) is 1. The number of unbranched alkanes of at least 4 members (excludes halogenated alkanes) is 1. The van der Waals surface area contributed by atoms with Crippen molar-refractivity contribution in [3.63, 3.8) is 0 Å². The molecule has 0 spiro atoms. The predicted molar refractivity (Wildman–Crippen MR) is 104 cm³/mol. The maximum Gasteiger partial charge on any atom is 0.289 e. The van der Waals surface area contributed by atoms with Gasteiger partial charge in [0.1, 0.15) is 0 Å². The summed E-state index contributed by atoms with van der Waals surface area (Å²) in [4.78, 5) is 25.9. The predicted octanol–water partition coefficient (Wildman–Crippen LogP) is 3.89. The third-order valence-electron chi connectivity index (χ3n) is 4.57. The van der Waals surface area contributed by atoms with Gasteiger partial charge in [0.05, 0.1) is 21.7 Å². The summed E-state index contributed by atoms with van der Waals surface area (Å²) >= 11 is 11.9. The fraction of sp³-hybridized carbons (Fsp3) is 0.474. The van der Waals surface area contributed by atoms with Gasteiger partial charge in [0.25, 0.3) is 11.8 Å². The molecule has 7 heteroatoms. The normalized spacial score (nSPS) is 17.2. The van der Waals surface area contributed by atoms with E-state index in [0.717, 1.165) is 24.8 Å². The number of likely N-dealkylation sites (N-methyl/N-ethyl adjacent to an activating group) is 1. The molecule has 1 aromatic carbocycles. The number of aliphatic hydroxyl groups is 1. The molecule has 1 heterocycles. The first-order valence-corrected chi connectivity index (χ1v) is 9.54. The number of aryl methyl sites for hydroxylation is 1. The van der Waals surface area contributed by atoms with Crippen molar-refractivity contribution in [1.29, 1.82) is 0 Å². The van der Waals surface area contributed by atoms with Gasteiger partial charge in [0, 0.05) is 13.6 Å². The van der Waals surface area contributed by atoms with Gasteiger partial charge in [-0.25, -0.2) is 0 Å². The number of carbonyl (C=O) groups excluding carboxylic acids is 2. The number of nitrogens with zero attached hydrogens (tertiary/aromatic N) is 1. The Bertz CT molecular complexity index is 719. The quantitative estimate of drug-likeness (QED) is 0.652. The van der Waals surface area contributed by atoms with Crippen LogP contribution >= 0.6 is 23.2 Å². The lowest BCUT2D eigenvalue weighted by Crippen LogP contribution is -2.36. The Morgan fingerprint density at radius 2 is 2.00 bits per heavy atom. The van der Waals surface area contributed by atoms with E-state index in [4.69, 9.17) is 23.2 Å². The van der Waals surface area contributed by atoms with Crippen molar-refractivity contribution < 1.29 is 14.7 Å². The first-order chi connectivity index (χ1) is 12.4. The molecule has 0 bridgehead atoms. The summed E-state index contributed by atoms with van der Waals surface area (Å²) in [5.74, 6) is -1.31. The van der Waals surface area contributed by atoms with Gasteiger partial charge in [0.2, 0.25) is 0 Å². The molecule has 142 valence electrons. The second kappa shape index (κ2) is 9.28. The Balaban J connectivity index is 1.91. The number of benzene rings is 1. The van der Waals surface area contributed by atoms with Crippen molar-refractivity contribution >= 4 is 35.0 Å². The number of carbonyl (C=O) groups is 2. The molecular weight excluding hydrogens is 375 g/mol. The number of amides is 2. The van der Waals surface area contributed by atoms with Crippen LogP contribution in [0, 0.1) is 0 Å². The van der Waals surface area contributed by atoms with Gasteiger partial charge in [-0.15, -0.1) is 0 Å². The molecule has 26 heavy (non-hydrogen) atoms. The van der Waals surface area contributed by atoms with Gasteiger partial charge in [-0.3, -0.25) is 9.59 Å². The van der Waals surface area contributed by atoms with Crippen LogP contribution in [0.3, 0.4) is 0 Å². The molecule has 2 rings (SSSR count). The molecule has 2 amide bonds. The lowest BCUT2D eigenvalue weighted by atomic mass is 10.0. The van der Waals surface area contributed by atoms with E-state index < -0.39 is 11.7 Å². The Labute approximate surface area is 164 Å². The summed E-state index contributed by atoms with van der Waals surface area (Å²) in [6, 6.07) is 5.10. The summed E-state index contributed by atoms with van der Waals surface area (Å²) in [6.45, 7) is 2.48. The molecule has 2 N–H and O–H groups in total. The van der Waals surface area contributed by atoms with Crippen LogP contribution in [-0.4, -0.2) is 41.5 Å². The summed E-state index contributed by atoms with van der Waals surface area (Å²) in [5.41, 5.74) is 1.22. The van der Waals surface area contributed by atoms with Crippen LogP contribution in [-0.2, 0) is 16.0 Å². The molecule has 1 aliphatic rings. The summed E-state index contributed by atoms with van der Waals surface area (Å²) in [5, 5.41) is 13.9. The van der Waals surface area contributed by atoms with Gasteiger partial charge in [-0.1, -0.05) is 49.0 Å². The standard InChI is InChI=1S/C19H24Cl2N2O3/c1-3-4-7-15-16(17(24)19(26)23(15)2)18(25)22-10-5-6-12-8-9-13(20)14(21)11-12/h8-9,11,15,24H,3-7,10H2,1-2H3,(H,22,25). The Hall–Kier alpha value is -1.72. The SMILES string of the molecule is CCCCC1C(C(=O)NCCCc2ccc(Cl)c(Cl)c2)=C(O)C(=O)N1C. The zero-order chi connectivity index (χ0) is 19.3. The molecule has 1 atom stereocenters. The Morgan fingerprint density at radius 3 is 2.65 bits per heavy atom. The molecule has 1 aliphatic heterocycles. The van der Waals surface area contributed by atoms with Gasteiger partial charge in [-0.05, 0) is 37.0 Å². The van der Waals surface area contributed by atoms with Crippen LogP contribution in [0.5, 0.6) is 0 Å². The first-order valence-electron chi connectivity index (χ1n) is 8.79. The van der Waals surface area contributed by atoms with E-state index in [0.29, 0.717) is 29.4 Å². The van der Waals surface area contributed by atoms with E-state index >= 15 is 0 Å². The molecule has 0 aliphatic carbocycles. The van der Waals surface area contributed by atoms with Crippen molar-refractivity contribution in [3.05, 3.63) is 45.1 Å². The van der Waals surface area contributed by atoms with E-state index in [9.17, 15) is 14.7 Å². The van der Waals surface area contributed by atoms with Crippen molar-refractivity contribution in [2.24, 2.45) is 0 Å². The smallest absolute Gasteiger partial charge is 0.289 e. The number of hydrogen-bond acceptors (Lipinski definition) is 3. The second-order valence-corrected chi connectivity index (χ2v) is 7.26. The molecular formula is C19H24Cl2N2O3. The minimum absolute atomic E-state index is 0.181. The highest BCUT2D eigenvalue weighted by Gasteiger charge is 2.40. The molecule has 1 aromatic rings. The number of rotatable bonds is 8. The van der Waals surface area contributed by atoms with Crippen LogP contribution < -0.4 is 5.32 Å². The monoisotopic (exact) mass is 398 g/mol. The fourth-order valence-corrected chi connectivity index (χ4v) is 3.38. The van der Waals surface area contributed by atoms with Crippen molar-refractivity contribution in [3.8, 4) is 0 Å². The highest BCUT2D eigenvalue weighted by atomic mass is 35.5. The maximum atomic E-state index is 12.5. The van der Waals surface area contributed by atoms with Crippen LogP contribution in [0.15, 0.2) is 29.5 Å².